The van der Waals surface area contributed by atoms with E-state index in [1.54, 1.807) is 23.0 Å². The monoisotopic (exact) mass is 400 g/mol. The summed E-state index contributed by atoms with van der Waals surface area (Å²) in [6, 6.07) is 6.06. The molecule has 0 bridgehead atoms. The second-order valence-corrected chi connectivity index (χ2v) is 7.38. The summed E-state index contributed by atoms with van der Waals surface area (Å²) in [5.41, 5.74) is 2.23. The van der Waals surface area contributed by atoms with Crippen molar-refractivity contribution in [3.63, 3.8) is 0 Å². The molecule has 1 N–H and O–H groups in total. The van der Waals surface area contributed by atoms with Gasteiger partial charge in [0.25, 0.3) is 0 Å². The fraction of sp³-hybridized carbons (Fsp3) is 0.118. The SMILES string of the molecule is CC(=O)Nc1nc(CSc2ncnc3c2cnn3-c2ccc(F)cc2)cs1. The number of rotatable bonds is 5. The molecule has 1 amide bonds. The Morgan fingerprint density at radius 2 is 2.11 bits per heavy atom. The van der Waals surface area contributed by atoms with E-state index in [4.69, 9.17) is 0 Å². The number of nitrogens with one attached hydrogen (secondary N) is 1. The van der Waals surface area contributed by atoms with Crippen molar-refractivity contribution in [2.75, 3.05) is 5.32 Å². The molecule has 10 heteroatoms. The van der Waals surface area contributed by atoms with Crippen LogP contribution >= 0.6 is 23.1 Å². The summed E-state index contributed by atoms with van der Waals surface area (Å²) in [4.78, 5) is 24.1. The lowest BCUT2D eigenvalue weighted by Crippen LogP contribution is -2.05. The summed E-state index contributed by atoms with van der Waals surface area (Å²) in [5, 5.41) is 11.1. The molecule has 1 aromatic carbocycles. The van der Waals surface area contributed by atoms with Crippen LogP contribution in [0.1, 0.15) is 12.6 Å². The first kappa shape index (κ1) is 17.6. The Hall–Kier alpha value is -2.85. The van der Waals surface area contributed by atoms with Gasteiger partial charge in [-0.25, -0.2) is 24.0 Å². The van der Waals surface area contributed by atoms with Gasteiger partial charge in [-0.15, -0.1) is 11.3 Å². The van der Waals surface area contributed by atoms with E-state index >= 15 is 0 Å². The number of thioether (sulfide) groups is 1. The molecule has 0 atom stereocenters. The molecule has 0 fully saturated rings. The molecule has 7 nitrogen and oxygen atoms in total. The molecule has 0 aliphatic carbocycles. The van der Waals surface area contributed by atoms with E-state index in [9.17, 15) is 9.18 Å². The summed E-state index contributed by atoms with van der Waals surface area (Å²) in [7, 11) is 0. The van der Waals surface area contributed by atoms with Crippen LogP contribution in [0.2, 0.25) is 0 Å². The maximum atomic E-state index is 13.2. The Kier molecular flexibility index (Phi) is 4.82. The third-order valence-corrected chi connectivity index (χ3v) is 5.44. The summed E-state index contributed by atoms with van der Waals surface area (Å²) in [5.74, 6) is 0.154. The normalized spacial score (nSPS) is 11.0. The van der Waals surface area contributed by atoms with E-state index in [0.29, 0.717) is 16.5 Å². The van der Waals surface area contributed by atoms with Gasteiger partial charge >= 0.3 is 0 Å². The van der Waals surface area contributed by atoms with Crippen molar-refractivity contribution in [3.8, 4) is 5.69 Å². The van der Waals surface area contributed by atoms with Crippen LogP contribution in [0.15, 0.2) is 47.2 Å². The van der Waals surface area contributed by atoms with Crippen LogP contribution in [0.4, 0.5) is 9.52 Å². The first-order valence-corrected chi connectivity index (χ1v) is 9.76. The standard InChI is InChI=1S/C17H13FN6OS2/c1-10(25)22-17-23-12(8-27-17)7-26-16-14-6-21-24(15(14)19-9-20-16)13-4-2-11(18)3-5-13/h2-6,8-9H,7H2,1H3,(H,22,23,25). The molecule has 3 aromatic heterocycles. The molecule has 0 saturated carbocycles. The Morgan fingerprint density at radius 3 is 2.89 bits per heavy atom. The zero-order valence-electron chi connectivity index (χ0n) is 14.1. The lowest BCUT2D eigenvalue weighted by Gasteiger charge is -2.04. The lowest BCUT2D eigenvalue weighted by molar-refractivity contribution is -0.114. The van der Waals surface area contributed by atoms with Crippen LogP contribution in [0.3, 0.4) is 0 Å². The molecule has 136 valence electrons. The minimum atomic E-state index is -0.303. The zero-order chi connectivity index (χ0) is 18.8. The maximum Gasteiger partial charge on any atom is 0.223 e. The van der Waals surface area contributed by atoms with Crippen molar-refractivity contribution in [2.24, 2.45) is 0 Å². The number of fused-ring (bicyclic) bond motifs is 1. The summed E-state index contributed by atoms with van der Waals surface area (Å²) in [6.45, 7) is 1.45. The van der Waals surface area contributed by atoms with Gasteiger partial charge in [-0.1, -0.05) is 11.8 Å². The number of halogens is 1. The van der Waals surface area contributed by atoms with Crippen LogP contribution in [-0.4, -0.2) is 30.6 Å². The van der Waals surface area contributed by atoms with Gasteiger partial charge in [0.1, 0.15) is 17.2 Å². The van der Waals surface area contributed by atoms with Gasteiger partial charge in [0.2, 0.25) is 5.91 Å². The molecule has 0 aliphatic rings. The van der Waals surface area contributed by atoms with E-state index in [1.807, 2.05) is 5.38 Å². The number of hydrogen-bond donors (Lipinski definition) is 1. The maximum absolute atomic E-state index is 13.2. The quantitative estimate of drug-likeness (QED) is 0.406. The highest BCUT2D eigenvalue weighted by Crippen LogP contribution is 2.29. The predicted octanol–water partition coefficient (Wildman–Crippen LogP) is 3.66. The van der Waals surface area contributed by atoms with Crippen molar-refractivity contribution >= 4 is 45.2 Å². The number of thiazole rings is 1. The lowest BCUT2D eigenvalue weighted by atomic mass is 10.3. The van der Waals surface area contributed by atoms with E-state index < -0.39 is 0 Å². The molecule has 0 aliphatic heterocycles. The molecule has 0 unspecified atom stereocenters. The molecule has 3 heterocycles. The van der Waals surface area contributed by atoms with Crippen molar-refractivity contribution in [1.82, 2.24) is 24.7 Å². The van der Waals surface area contributed by atoms with Gasteiger partial charge in [0.15, 0.2) is 10.8 Å². The molecular formula is C17H13FN6OS2. The Balaban J connectivity index is 1.57. The first-order valence-electron chi connectivity index (χ1n) is 7.89. The number of carbonyl (C=O) groups is 1. The molecule has 0 saturated heterocycles. The molecule has 0 radical (unpaired) electrons. The molecule has 4 aromatic rings. The van der Waals surface area contributed by atoms with E-state index in [0.717, 1.165) is 21.8 Å². The van der Waals surface area contributed by atoms with E-state index in [2.05, 4.69) is 25.4 Å². The Labute approximate surface area is 161 Å². The number of carbonyl (C=O) groups excluding carboxylic acids is 1. The summed E-state index contributed by atoms with van der Waals surface area (Å²) in [6.07, 6.45) is 3.18. The average molecular weight is 400 g/mol. The third-order valence-electron chi connectivity index (χ3n) is 3.59. The molecule has 27 heavy (non-hydrogen) atoms. The Morgan fingerprint density at radius 1 is 1.30 bits per heavy atom. The van der Waals surface area contributed by atoms with Gasteiger partial charge in [-0.05, 0) is 24.3 Å². The summed E-state index contributed by atoms with van der Waals surface area (Å²) < 4.78 is 14.8. The van der Waals surface area contributed by atoms with Crippen LogP contribution in [0.5, 0.6) is 0 Å². The highest BCUT2D eigenvalue weighted by Gasteiger charge is 2.13. The number of anilines is 1. The molecule has 0 spiro atoms. The predicted molar refractivity (Wildman–Crippen MR) is 103 cm³/mol. The van der Waals surface area contributed by atoms with Crippen LogP contribution in [0, 0.1) is 5.82 Å². The second-order valence-electron chi connectivity index (χ2n) is 5.56. The highest BCUT2D eigenvalue weighted by atomic mass is 32.2. The molecular weight excluding hydrogens is 387 g/mol. The molecule has 4 rings (SSSR count). The first-order chi connectivity index (χ1) is 13.1. The third kappa shape index (κ3) is 3.81. The van der Waals surface area contributed by atoms with Gasteiger partial charge in [-0.2, -0.15) is 5.10 Å². The van der Waals surface area contributed by atoms with Gasteiger partial charge in [0.05, 0.1) is 23.0 Å². The van der Waals surface area contributed by atoms with E-state index in [1.165, 1.54) is 48.5 Å². The summed E-state index contributed by atoms with van der Waals surface area (Å²) >= 11 is 2.90. The van der Waals surface area contributed by atoms with Gasteiger partial charge < -0.3 is 5.32 Å². The van der Waals surface area contributed by atoms with Gasteiger partial charge in [0, 0.05) is 18.1 Å². The topological polar surface area (TPSA) is 85.6 Å². The second kappa shape index (κ2) is 7.41. The van der Waals surface area contributed by atoms with Crippen molar-refractivity contribution in [2.45, 2.75) is 17.7 Å². The van der Waals surface area contributed by atoms with E-state index in [-0.39, 0.29) is 11.7 Å². The van der Waals surface area contributed by atoms with Crippen molar-refractivity contribution < 1.29 is 9.18 Å². The van der Waals surface area contributed by atoms with Crippen LogP contribution in [0.25, 0.3) is 16.7 Å². The minimum absolute atomic E-state index is 0.144. The van der Waals surface area contributed by atoms with Crippen molar-refractivity contribution in [1.29, 1.82) is 0 Å². The zero-order valence-corrected chi connectivity index (χ0v) is 15.7. The number of benzene rings is 1. The average Bonchev–Trinajstić information content (AvgIpc) is 3.27. The fourth-order valence-corrected chi connectivity index (χ4v) is 4.15. The smallest absolute Gasteiger partial charge is 0.223 e. The van der Waals surface area contributed by atoms with Crippen LogP contribution in [-0.2, 0) is 10.5 Å². The Bertz CT molecular complexity index is 1110. The van der Waals surface area contributed by atoms with Crippen LogP contribution < -0.4 is 5.32 Å². The highest BCUT2D eigenvalue weighted by molar-refractivity contribution is 7.98. The largest absolute Gasteiger partial charge is 0.302 e. The number of hydrogen-bond acceptors (Lipinski definition) is 7. The van der Waals surface area contributed by atoms with Crippen molar-refractivity contribution in [3.05, 3.63) is 53.7 Å². The number of nitrogens with zero attached hydrogens (tertiary/aromatic N) is 5. The number of amides is 1. The number of aromatic nitrogens is 5. The van der Waals surface area contributed by atoms with Gasteiger partial charge in [-0.3, -0.25) is 4.79 Å². The minimum Gasteiger partial charge on any atom is -0.302 e. The fourth-order valence-electron chi connectivity index (χ4n) is 2.43.